The van der Waals surface area contributed by atoms with Crippen LogP contribution < -0.4 is 5.32 Å². The first-order valence-corrected chi connectivity index (χ1v) is 7.13. The van der Waals surface area contributed by atoms with Crippen LogP contribution in [0.5, 0.6) is 0 Å². The molecule has 0 unspecified atom stereocenters. The van der Waals surface area contributed by atoms with E-state index in [1.807, 2.05) is 42.6 Å². The molecule has 2 heterocycles. The summed E-state index contributed by atoms with van der Waals surface area (Å²) in [6, 6.07) is 13.3. The van der Waals surface area contributed by atoms with Crippen LogP contribution in [0.25, 0.3) is 17.0 Å². The molecule has 2 aromatic heterocycles. The predicted molar refractivity (Wildman–Crippen MR) is 88.0 cm³/mol. The lowest BCUT2D eigenvalue weighted by Gasteiger charge is -2.04. The Bertz CT molecular complexity index is 903. The van der Waals surface area contributed by atoms with Crippen molar-refractivity contribution in [2.24, 2.45) is 0 Å². The summed E-state index contributed by atoms with van der Waals surface area (Å²) in [6.45, 7) is 0.333. The van der Waals surface area contributed by atoms with Gasteiger partial charge < -0.3 is 10.3 Å². The van der Waals surface area contributed by atoms with Crippen molar-refractivity contribution in [2.45, 2.75) is 6.54 Å². The van der Waals surface area contributed by atoms with Crippen molar-refractivity contribution >= 4 is 22.9 Å². The maximum absolute atomic E-state index is 12.2. The molecule has 0 bridgehead atoms. The first-order chi connectivity index (χ1) is 11.3. The van der Waals surface area contributed by atoms with Crippen LogP contribution in [-0.2, 0) is 11.3 Å². The van der Waals surface area contributed by atoms with Gasteiger partial charge in [0.15, 0.2) is 0 Å². The number of rotatable bonds is 4. The highest BCUT2D eigenvalue weighted by atomic mass is 16.1. The summed E-state index contributed by atoms with van der Waals surface area (Å²) in [4.78, 5) is 19.3. The van der Waals surface area contributed by atoms with E-state index in [1.54, 1.807) is 24.5 Å². The van der Waals surface area contributed by atoms with Crippen LogP contribution in [0.15, 0.2) is 60.6 Å². The summed E-state index contributed by atoms with van der Waals surface area (Å²) in [6.07, 6.45) is 6.78. The fourth-order valence-electron chi connectivity index (χ4n) is 2.32. The Morgan fingerprint density at radius 1 is 1.30 bits per heavy atom. The van der Waals surface area contributed by atoms with Gasteiger partial charge in [-0.1, -0.05) is 18.2 Å². The minimum atomic E-state index is -0.399. The van der Waals surface area contributed by atoms with Crippen molar-refractivity contribution < 1.29 is 4.79 Å². The summed E-state index contributed by atoms with van der Waals surface area (Å²) in [5.74, 6) is -0.399. The Labute approximate surface area is 133 Å². The number of carbonyl (C=O) groups is 1. The monoisotopic (exact) mass is 302 g/mol. The molecule has 0 fully saturated rings. The summed E-state index contributed by atoms with van der Waals surface area (Å²) in [5, 5.41) is 13.0. The summed E-state index contributed by atoms with van der Waals surface area (Å²) >= 11 is 0. The van der Waals surface area contributed by atoms with Gasteiger partial charge in [-0.05, 0) is 35.4 Å². The van der Waals surface area contributed by atoms with Crippen molar-refractivity contribution in [3.05, 3.63) is 71.7 Å². The molecular formula is C18H14N4O. The Kier molecular flexibility index (Phi) is 4.16. The van der Waals surface area contributed by atoms with Crippen LogP contribution in [0.3, 0.4) is 0 Å². The molecule has 0 saturated carbocycles. The molecule has 1 aromatic carbocycles. The van der Waals surface area contributed by atoms with Gasteiger partial charge in [0, 0.05) is 36.0 Å². The maximum atomic E-state index is 12.2. The molecule has 1 amide bonds. The average Bonchev–Trinajstić information content (AvgIpc) is 3.08. The maximum Gasteiger partial charge on any atom is 0.262 e. The van der Waals surface area contributed by atoms with Crippen molar-refractivity contribution in [1.29, 1.82) is 5.26 Å². The van der Waals surface area contributed by atoms with Crippen LogP contribution in [0, 0.1) is 11.3 Å². The molecule has 0 aliphatic rings. The van der Waals surface area contributed by atoms with Crippen molar-refractivity contribution in [3.63, 3.8) is 0 Å². The van der Waals surface area contributed by atoms with E-state index in [-0.39, 0.29) is 5.57 Å². The van der Waals surface area contributed by atoms with Crippen LogP contribution in [0.4, 0.5) is 0 Å². The third kappa shape index (κ3) is 3.27. The number of aromatic amines is 1. The minimum absolute atomic E-state index is 0.0718. The fourth-order valence-corrected chi connectivity index (χ4v) is 2.32. The normalized spacial score (nSPS) is 11.2. The summed E-state index contributed by atoms with van der Waals surface area (Å²) in [7, 11) is 0. The van der Waals surface area contributed by atoms with Gasteiger partial charge in [-0.25, -0.2) is 0 Å². The highest BCUT2D eigenvalue weighted by molar-refractivity contribution is 6.03. The number of benzene rings is 1. The molecule has 5 heteroatoms. The van der Waals surface area contributed by atoms with E-state index in [0.717, 1.165) is 22.0 Å². The van der Waals surface area contributed by atoms with Crippen LogP contribution in [-0.4, -0.2) is 15.9 Å². The molecule has 112 valence electrons. The molecule has 2 N–H and O–H groups in total. The Hall–Kier alpha value is -3.39. The number of fused-ring (bicyclic) bond motifs is 1. The van der Waals surface area contributed by atoms with E-state index in [1.165, 1.54) is 0 Å². The van der Waals surface area contributed by atoms with Crippen LogP contribution >= 0.6 is 0 Å². The Morgan fingerprint density at radius 3 is 3.00 bits per heavy atom. The molecule has 0 spiro atoms. The third-order valence-electron chi connectivity index (χ3n) is 3.47. The van der Waals surface area contributed by atoms with Crippen LogP contribution in [0.2, 0.25) is 0 Å². The quantitative estimate of drug-likeness (QED) is 0.574. The number of hydrogen-bond acceptors (Lipinski definition) is 3. The van der Waals surface area contributed by atoms with Crippen molar-refractivity contribution in [3.8, 4) is 6.07 Å². The SMILES string of the molecule is N#C/C(=C\c1cccc2[nH]ccc12)C(=O)NCc1cccnc1. The van der Waals surface area contributed by atoms with Gasteiger partial charge in [0.05, 0.1) is 0 Å². The number of carbonyl (C=O) groups excluding carboxylic acids is 1. The fraction of sp³-hybridized carbons (Fsp3) is 0.0556. The van der Waals surface area contributed by atoms with Gasteiger partial charge in [0.1, 0.15) is 11.6 Å². The molecule has 0 radical (unpaired) electrons. The van der Waals surface area contributed by atoms with Gasteiger partial charge in [0.2, 0.25) is 0 Å². The van der Waals surface area contributed by atoms with Gasteiger partial charge in [-0.15, -0.1) is 0 Å². The number of H-pyrrole nitrogens is 1. The van der Waals surface area contributed by atoms with Crippen molar-refractivity contribution in [2.75, 3.05) is 0 Å². The number of nitrogens with one attached hydrogen (secondary N) is 2. The standard InChI is InChI=1S/C18H14N4O/c19-10-15(18(23)22-12-13-3-2-7-20-11-13)9-14-4-1-5-17-16(14)6-8-21-17/h1-9,11,21H,12H2,(H,22,23)/b15-9+. The van der Waals surface area contributed by atoms with E-state index >= 15 is 0 Å². The number of aromatic nitrogens is 2. The summed E-state index contributed by atoms with van der Waals surface area (Å²) in [5.41, 5.74) is 2.75. The van der Waals surface area contributed by atoms with E-state index in [9.17, 15) is 10.1 Å². The zero-order valence-electron chi connectivity index (χ0n) is 12.3. The van der Waals surface area contributed by atoms with E-state index in [4.69, 9.17) is 0 Å². The number of nitriles is 1. The molecule has 0 saturated heterocycles. The molecule has 5 nitrogen and oxygen atoms in total. The van der Waals surface area contributed by atoms with Gasteiger partial charge >= 0.3 is 0 Å². The first kappa shape index (κ1) is 14.5. The molecule has 3 aromatic rings. The van der Waals surface area contributed by atoms with E-state index in [0.29, 0.717) is 6.54 Å². The zero-order chi connectivity index (χ0) is 16.1. The molecule has 0 aliphatic carbocycles. The summed E-state index contributed by atoms with van der Waals surface area (Å²) < 4.78 is 0. The first-order valence-electron chi connectivity index (χ1n) is 7.13. The molecule has 23 heavy (non-hydrogen) atoms. The highest BCUT2D eigenvalue weighted by Crippen LogP contribution is 2.20. The van der Waals surface area contributed by atoms with Crippen LogP contribution in [0.1, 0.15) is 11.1 Å². The number of amides is 1. The number of pyridine rings is 1. The predicted octanol–water partition coefficient (Wildman–Crippen LogP) is 2.79. The minimum Gasteiger partial charge on any atom is -0.361 e. The lowest BCUT2D eigenvalue weighted by Crippen LogP contribution is -2.24. The number of hydrogen-bond donors (Lipinski definition) is 2. The molecular weight excluding hydrogens is 288 g/mol. The Balaban J connectivity index is 1.80. The lowest BCUT2D eigenvalue weighted by molar-refractivity contribution is -0.117. The zero-order valence-corrected chi connectivity index (χ0v) is 12.3. The topological polar surface area (TPSA) is 81.6 Å². The highest BCUT2D eigenvalue weighted by Gasteiger charge is 2.10. The van der Waals surface area contributed by atoms with Gasteiger partial charge in [-0.3, -0.25) is 9.78 Å². The lowest BCUT2D eigenvalue weighted by atomic mass is 10.1. The second-order valence-corrected chi connectivity index (χ2v) is 5.00. The van der Waals surface area contributed by atoms with Gasteiger partial charge in [0.25, 0.3) is 5.91 Å². The second kappa shape index (κ2) is 6.58. The van der Waals surface area contributed by atoms with E-state index in [2.05, 4.69) is 15.3 Å². The number of nitrogens with zero attached hydrogens (tertiary/aromatic N) is 2. The largest absolute Gasteiger partial charge is 0.361 e. The van der Waals surface area contributed by atoms with Gasteiger partial charge in [-0.2, -0.15) is 5.26 Å². The third-order valence-corrected chi connectivity index (χ3v) is 3.47. The Morgan fingerprint density at radius 2 is 2.22 bits per heavy atom. The second-order valence-electron chi connectivity index (χ2n) is 5.00. The molecule has 3 rings (SSSR count). The molecule has 0 atom stereocenters. The average molecular weight is 302 g/mol. The van der Waals surface area contributed by atoms with Crippen molar-refractivity contribution in [1.82, 2.24) is 15.3 Å². The molecule has 0 aliphatic heterocycles. The van der Waals surface area contributed by atoms with E-state index < -0.39 is 5.91 Å². The smallest absolute Gasteiger partial charge is 0.262 e.